The van der Waals surface area contributed by atoms with Gasteiger partial charge in [0.2, 0.25) is 0 Å². The summed E-state index contributed by atoms with van der Waals surface area (Å²) in [4.78, 5) is 12.0. The number of nitrogens with two attached hydrogens (primary N) is 1. The minimum atomic E-state index is -3.83. The van der Waals surface area contributed by atoms with E-state index < -0.39 is 10.2 Å². The lowest BCUT2D eigenvalue weighted by atomic mass is 10.2. The van der Waals surface area contributed by atoms with Crippen molar-refractivity contribution in [2.24, 2.45) is 5.14 Å². The summed E-state index contributed by atoms with van der Waals surface area (Å²) in [5, 5.41) is 9.33. The van der Waals surface area contributed by atoms with Crippen molar-refractivity contribution in [2.45, 2.75) is 0 Å². The van der Waals surface area contributed by atoms with Crippen LogP contribution in [0.4, 0.5) is 11.4 Å². The van der Waals surface area contributed by atoms with Gasteiger partial charge in [-0.3, -0.25) is 9.52 Å². The van der Waals surface area contributed by atoms with E-state index in [0.717, 1.165) is 2.88 Å². The molecule has 1 heterocycles. The van der Waals surface area contributed by atoms with E-state index in [0.29, 0.717) is 11.3 Å². The van der Waals surface area contributed by atoms with Gasteiger partial charge >= 0.3 is 0 Å². The number of carbonyl (C=O) groups is 1. The van der Waals surface area contributed by atoms with Crippen molar-refractivity contribution in [3.8, 4) is 0 Å². The molecule has 0 fully saturated rings. The zero-order valence-electron chi connectivity index (χ0n) is 9.96. The normalized spacial score (nSPS) is 11.1. The molecule has 20 heavy (non-hydrogen) atoms. The van der Waals surface area contributed by atoms with Crippen LogP contribution in [0, 0.1) is 2.88 Å². The molecule has 9 heteroatoms. The molecule has 6 nitrogen and oxygen atoms in total. The summed E-state index contributed by atoms with van der Waals surface area (Å²) < 4.78 is 25.0. The van der Waals surface area contributed by atoms with Crippen molar-refractivity contribution in [1.29, 1.82) is 0 Å². The molecule has 4 N–H and O–H groups in total. The molecule has 106 valence electrons. The van der Waals surface area contributed by atoms with E-state index in [1.807, 2.05) is 0 Å². The Hall–Kier alpha value is -1.17. The van der Waals surface area contributed by atoms with Crippen molar-refractivity contribution in [1.82, 2.24) is 0 Å². The average molecular weight is 423 g/mol. The van der Waals surface area contributed by atoms with Crippen molar-refractivity contribution in [3.63, 3.8) is 0 Å². The Labute approximate surface area is 133 Å². The summed E-state index contributed by atoms with van der Waals surface area (Å²) in [7, 11) is -3.83. The maximum atomic E-state index is 12.0. The van der Waals surface area contributed by atoms with E-state index in [1.54, 1.807) is 23.6 Å². The van der Waals surface area contributed by atoms with Crippen LogP contribution in [0.15, 0.2) is 35.7 Å². The largest absolute Gasteiger partial charge is 0.322 e. The number of amides is 1. The first-order valence-electron chi connectivity index (χ1n) is 5.29. The molecule has 2 aromatic rings. The molecular formula is C11H10IN3O3S2. The quantitative estimate of drug-likeness (QED) is 0.658. The molecule has 1 amide bonds. The van der Waals surface area contributed by atoms with Gasteiger partial charge in [0.05, 0.1) is 14.1 Å². The first-order chi connectivity index (χ1) is 9.33. The zero-order valence-corrected chi connectivity index (χ0v) is 13.8. The first kappa shape index (κ1) is 15.2. The van der Waals surface area contributed by atoms with Gasteiger partial charge in [-0.1, -0.05) is 6.07 Å². The first-order valence-corrected chi connectivity index (χ1v) is 8.80. The number of anilines is 2. The molecule has 0 aliphatic heterocycles. The van der Waals surface area contributed by atoms with Crippen molar-refractivity contribution >= 4 is 61.4 Å². The third kappa shape index (κ3) is 4.44. The average Bonchev–Trinajstić information content (AvgIpc) is 2.74. The highest BCUT2D eigenvalue weighted by Crippen LogP contribution is 2.20. The van der Waals surface area contributed by atoms with Crippen molar-refractivity contribution < 1.29 is 13.2 Å². The van der Waals surface area contributed by atoms with E-state index in [-0.39, 0.29) is 11.6 Å². The fourth-order valence-electron chi connectivity index (χ4n) is 1.46. The number of halogens is 1. The number of hydrogen-bond acceptors (Lipinski definition) is 4. The predicted molar refractivity (Wildman–Crippen MR) is 88.2 cm³/mol. The Morgan fingerprint density at radius 3 is 2.55 bits per heavy atom. The van der Waals surface area contributed by atoms with E-state index in [1.165, 1.54) is 23.5 Å². The maximum absolute atomic E-state index is 12.0. The second-order valence-electron chi connectivity index (χ2n) is 3.82. The summed E-state index contributed by atoms with van der Waals surface area (Å²) >= 11 is 3.60. The fraction of sp³-hybridized carbons (Fsp3) is 0. The Balaban J connectivity index is 2.14. The van der Waals surface area contributed by atoms with Crippen LogP contribution in [0.2, 0.25) is 0 Å². The Kier molecular flexibility index (Phi) is 4.62. The van der Waals surface area contributed by atoms with Gasteiger partial charge in [-0.2, -0.15) is 8.42 Å². The summed E-state index contributed by atoms with van der Waals surface area (Å²) in [6, 6.07) is 8.06. The van der Waals surface area contributed by atoms with Crippen LogP contribution in [0.1, 0.15) is 10.4 Å². The van der Waals surface area contributed by atoms with Gasteiger partial charge in [0.25, 0.3) is 16.1 Å². The molecule has 0 aliphatic carbocycles. The molecule has 0 aliphatic rings. The van der Waals surface area contributed by atoms with Crippen LogP contribution >= 0.6 is 33.9 Å². The third-order valence-corrected chi connectivity index (χ3v) is 4.52. The Bertz CT molecular complexity index is 743. The molecule has 0 unspecified atom stereocenters. The molecular weight excluding hydrogens is 413 g/mol. The number of thiophene rings is 1. The summed E-state index contributed by atoms with van der Waals surface area (Å²) in [5.41, 5.74) is 1.32. The summed E-state index contributed by atoms with van der Waals surface area (Å²) in [6.45, 7) is 0. The molecule has 1 aromatic carbocycles. The lowest BCUT2D eigenvalue weighted by Gasteiger charge is -2.07. The molecule has 0 saturated heterocycles. The second-order valence-corrected chi connectivity index (χ2v) is 7.92. The maximum Gasteiger partial charge on any atom is 0.296 e. The van der Waals surface area contributed by atoms with Gasteiger partial charge in [-0.25, -0.2) is 5.14 Å². The van der Waals surface area contributed by atoms with Gasteiger partial charge in [0.15, 0.2) is 0 Å². The summed E-state index contributed by atoms with van der Waals surface area (Å²) in [6.07, 6.45) is 0. The minimum absolute atomic E-state index is 0.253. The van der Waals surface area contributed by atoms with Gasteiger partial charge in [0, 0.05) is 11.1 Å². The van der Waals surface area contributed by atoms with Crippen LogP contribution in [0.3, 0.4) is 0 Å². The standard InChI is InChI=1S/C11H10IN3O3S2/c12-10-4-7(6-19-10)11(16)14-8-2-1-3-9(5-8)15-20(13,17)18/h1-6,15H,(H,14,16)(H2,13,17,18). The molecule has 0 spiro atoms. The van der Waals surface area contributed by atoms with E-state index in [2.05, 4.69) is 32.6 Å². The van der Waals surface area contributed by atoms with Gasteiger partial charge in [0.1, 0.15) is 0 Å². The Morgan fingerprint density at radius 1 is 1.25 bits per heavy atom. The van der Waals surface area contributed by atoms with E-state index >= 15 is 0 Å². The highest BCUT2D eigenvalue weighted by molar-refractivity contribution is 14.1. The number of carbonyl (C=O) groups excluding carboxylic acids is 1. The van der Waals surface area contributed by atoms with Crippen LogP contribution in [0.25, 0.3) is 0 Å². The highest BCUT2D eigenvalue weighted by atomic mass is 127. The monoisotopic (exact) mass is 423 g/mol. The molecule has 0 radical (unpaired) electrons. The topological polar surface area (TPSA) is 101 Å². The SMILES string of the molecule is NS(=O)(=O)Nc1cccc(NC(=O)c2csc(I)c2)c1. The smallest absolute Gasteiger partial charge is 0.296 e. The second kappa shape index (κ2) is 6.08. The molecule has 2 rings (SSSR count). The minimum Gasteiger partial charge on any atom is -0.322 e. The van der Waals surface area contributed by atoms with Gasteiger partial charge < -0.3 is 5.32 Å². The molecule has 0 bridgehead atoms. The Morgan fingerprint density at radius 2 is 1.95 bits per heavy atom. The van der Waals surface area contributed by atoms with Crippen molar-refractivity contribution in [2.75, 3.05) is 10.0 Å². The van der Waals surface area contributed by atoms with Crippen molar-refractivity contribution in [3.05, 3.63) is 44.2 Å². The lowest BCUT2D eigenvalue weighted by Crippen LogP contribution is -2.21. The number of rotatable bonds is 4. The molecule has 0 saturated carbocycles. The lowest BCUT2D eigenvalue weighted by molar-refractivity contribution is 0.102. The van der Waals surface area contributed by atoms with Crippen LogP contribution < -0.4 is 15.2 Å². The number of hydrogen-bond donors (Lipinski definition) is 3. The van der Waals surface area contributed by atoms with Crippen LogP contribution in [-0.2, 0) is 10.2 Å². The predicted octanol–water partition coefficient (Wildman–Crippen LogP) is 2.22. The molecule has 1 aromatic heterocycles. The fourth-order valence-corrected chi connectivity index (χ4v) is 3.24. The van der Waals surface area contributed by atoms with E-state index in [9.17, 15) is 13.2 Å². The molecule has 0 atom stereocenters. The highest BCUT2D eigenvalue weighted by Gasteiger charge is 2.09. The van der Waals surface area contributed by atoms with Crippen LogP contribution in [0.5, 0.6) is 0 Å². The van der Waals surface area contributed by atoms with E-state index in [4.69, 9.17) is 5.14 Å². The van der Waals surface area contributed by atoms with Crippen LogP contribution in [-0.4, -0.2) is 14.3 Å². The summed E-state index contributed by atoms with van der Waals surface area (Å²) in [5.74, 6) is -0.253. The van der Waals surface area contributed by atoms with Gasteiger partial charge in [-0.15, -0.1) is 11.3 Å². The zero-order chi connectivity index (χ0) is 14.8. The number of nitrogens with one attached hydrogen (secondary N) is 2. The third-order valence-electron chi connectivity index (χ3n) is 2.21. The number of benzene rings is 1. The van der Waals surface area contributed by atoms with Gasteiger partial charge in [-0.05, 0) is 46.9 Å².